The highest BCUT2D eigenvalue weighted by molar-refractivity contribution is 5.79. The van der Waals surface area contributed by atoms with Crippen LogP contribution in [0.4, 0.5) is 4.39 Å². The normalized spacial score (nSPS) is 18.4. The van der Waals surface area contributed by atoms with Gasteiger partial charge < -0.3 is 14.2 Å². The SMILES string of the molecule is COc1ccc(F)cc1CC(=O)N1CCN(C)[C@@H](c2nc(C)no2)C1. The van der Waals surface area contributed by atoms with Crippen molar-refractivity contribution in [3.8, 4) is 5.75 Å². The predicted octanol–water partition coefficient (Wildman–Crippen LogP) is 1.58. The van der Waals surface area contributed by atoms with E-state index in [4.69, 9.17) is 9.26 Å². The quantitative estimate of drug-likeness (QED) is 0.835. The van der Waals surface area contributed by atoms with Gasteiger partial charge >= 0.3 is 0 Å². The summed E-state index contributed by atoms with van der Waals surface area (Å²) < 4.78 is 24.0. The minimum Gasteiger partial charge on any atom is -0.496 e. The van der Waals surface area contributed by atoms with Gasteiger partial charge in [0.2, 0.25) is 11.8 Å². The number of halogens is 1. The number of hydrogen-bond acceptors (Lipinski definition) is 6. The maximum atomic E-state index is 13.5. The van der Waals surface area contributed by atoms with Gasteiger partial charge in [-0.2, -0.15) is 4.98 Å². The van der Waals surface area contributed by atoms with Gasteiger partial charge in [0, 0.05) is 25.2 Å². The van der Waals surface area contributed by atoms with Gasteiger partial charge in [-0.05, 0) is 32.2 Å². The fourth-order valence-electron chi connectivity index (χ4n) is 2.98. The van der Waals surface area contributed by atoms with Crippen LogP contribution in [0.5, 0.6) is 5.75 Å². The molecule has 0 N–H and O–H groups in total. The van der Waals surface area contributed by atoms with E-state index in [1.807, 2.05) is 7.05 Å². The maximum absolute atomic E-state index is 13.5. The Kier molecular flexibility index (Phi) is 4.98. The Morgan fingerprint density at radius 3 is 2.92 bits per heavy atom. The topological polar surface area (TPSA) is 71.7 Å². The third-order valence-corrected chi connectivity index (χ3v) is 4.41. The molecule has 1 atom stereocenters. The molecule has 7 nitrogen and oxygen atoms in total. The first-order valence-electron chi connectivity index (χ1n) is 8.08. The maximum Gasteiger partial charge on any atom is 0.245 e. The highest BCUT2D eigenvalue weighted by atomic mass is 19.1. The van der Waals surface area contributed by atoms with Crippen molar-refractivity contribution < 1.29 is 18.4 Å². The number of amides is 1. The summed E-state index contributed by atoms with van der Waals surface area (Å²) in [6.07, 6.45) is 0.0836. The van der Waals surface area contributed by atoms with Crippen LogP contribution in [0.25, 0.3) is 0 Å². The van der Waals surface area contributed by atoms with E-state index in [1.165, 1.54) is 25.3 Å². The Morgan fingerprint density at radius 1 is 1.44 bits per heavy atom. The molecule has 0 saturated carbocycles. The van der Waals surface area contributed by atoms with Crippen LogP contribution in [0.1, 0.15) is 23.3 Å². The number of aromatic nitrogens is 2. The van der Waals surface area contributed by atoms with Gasteiger partial charge in [-0.25, -0.2) is 4.39 Å². The Bertz CT molecular complexity index is 764. The highest BCUT2D eigenvalue weighted by Crippen LogP contribution is 2.25. The summed E-state index contributed by atoms with van der Waals surface area (Å²) in [4.78, 5) is 20.8. The number of rotatable bonds is 4. The molecule has 0 radical (unpaired) electrons. The van der Waals surface area contributed by atoms with Crippen molar-refractivity contribution in [2.24, 2.45) is 0 Å². The largest absolute Gasteiger partial charge is 0.496 e. The smallest absolute Gasteiger partial charge is 0.245 e. The summed E-state index contributed by atoms with van der Waals surface area (Å²) in [6, 6.07) is 4.04. The number of aryl methyl sites for hydroxylation is 1. The van der Waals surface area contributed by atoms with E-state index in [1.54, 1.807) is 11.8 Å². The van der Waals surface area contributed by atoms with Crippen LogP contribution in [0.15, 0.2) is 22.7 Å². The summed E-state index contributed by atoms with van der Waals surface area (Å²) in [7, 11) is 3.46. The van der Waals surface area contributed by atoms with Crippen LogP contribution < -0.4 is 4.74 Å². The fourth-order valence-corrected chi connectivity index (χ4v) is 2.98. The number of ether oxygens (including phenoxy) is 1. The monoisotopic (exact) mass is 348 g/mol. The van der Waals surface area contributed by atoms with E-state index >= 15 is 0 Å². The first kappa shape index (κ1) is 17.3. The number of carbonyl (C=O) groups excluding carboxylic acids is 1. The molecule has 1 saturated heterocycles. The van der Waals surface area contributed by atoms with Gasteiger partial charge in [-0.1, -0.05) is 5.16 Å². The number of benzene rings is 1. The van der Waals surface area contributed by atoms with Crippen LogP contribution >= 0.6 is 0 Å². The lowest BCUT2D eigenvalue weighted by Gasteiger charge is -2.37. The number of likely N-dealkylation sites (N-methyl/N-ethyl adjacent to an activating group) is 1. The van der Waals surface area contributed by atoms with Gasteiger partial charge in [0.1, 0.15) is 17.6 Å². The van der Waals surface area contributed by atoms with Gasteiger partial charge in [-0.15, -0.1) is 0 Å². The number of hydrogen-bond donors (Lipinski definition) is 0. The molecule has 134 valence electrons. The Balaban J connectivity index is 1.73. The van der Waals surface area contributed by atoms with E-state index in [2.05, 4.69) is 15.0 Å². The van der Waals surface area contributed by atoms with Gasteiger partial charge in [0.25, 0.3) is 0 Å². The zero-order chi connectivity index (χ0) is 18.0. The molecule has 0 spiro atoms. The third-order valence-electron chi connectivity index (χ3n) is 4.41. The molecule has 2 aromatic rings. The van der Waals surface area contributed by atoms with E-state index in [-0.39, 0.29) is 24.2 Å². The van der Waals surface area contributed by atoms with Crippen molar-refractivity contribution >= 4 is 5.91 Å². The van der Waals surface area contributed by atoms with Crippen molar-refractivity contribution in [1.29, 1.82) is 0 Å². The van der Waals surface area contributed by atoms with Crippen LogP contribution in [0.3, 0.4) is 0 Å². The highest BCUT2D eigenvalue weighted by Gasteiger charge is 2.32. The van der Waals surface area contributed by atoms with Crippen molar-refractivity contribution in [3.05, 3.63) is 41.3 Å². The minimum atomic E-state index is -0.388. The second-order valence-electron chi connectivity index (χ2n) is 6.15. The molecule has 0 bridgehead atoms. The van der Waals surface area contributed by atoms with Crippen LogP contribution in [-0.4, -0.2) is 59.6 Å². The second-order valence-corrected chi connectivity index (χ2v) is 6.15. The summed E-state index contributed by atoms with van der Waals surface area (Å²) >= 11 is 0. The van der Waals surface area contributed by atoms with E-state index in [0.29, 0.717) is 42.7 Å². The first-order chi connectivity index (χ1) is 12.0. The van der Waals surface area contributed by atoms with E-state index in [9.17, 15) is 9.18 Å². The molecule has 1 aliphatic heterocycles. The van der Waals surface area contributed by atoms with Crippen LogP contribution in [0, 0.1) is 12.7 Å². The molecule has 3 rings (SSSR count). The molecule has 1 aromatic carbocycles. The molecular formula is C17H21FN4O3. The van der Waals surface area contributed by atoms with Gasteiger partial charge in [-0.3, -0.25) is 9.69 Å². The summed E-state index contributed by atoms with van der Waals surface area (Å²) in [5.41, 5.74) is 0.539. The predicted molar refractivity (Wildman–Crippen MR) is 87.6 cm³/mol. The van der Waals surface area contributed by atoms with Gasteiger partial charge in [0.05, 0.1) is 13.5 Å². The molecule has 2 heterocycles. The van der Waals surface area contributed by atoms with Crippen molar-refractivity contribution in [2.45, 2.75) is 19.4 Å². The fraction of sp³-hybridized carbons (Fsp3) is 0.471. The Morgan fingerprint density at radius 2 is 2.24 bits per heavy atom. The number of nitrogens with zero attached hydrogens (tertiary/aromatic N) is 4. The average Bonchev–Trinajstić information content (AvgIpc) is 3.01. The van der Waals surface area contributed by atoms with Crippen molar-refractivity contribution in [2.75, 3.05) is 33.8 Å². The van der Waals surface area contributed by atoms with E-state index in [0.717, 1.165) is 0 Å². The molecule has 0 unspecified atom stereocenters. The van der Waals surface area contributed by atoms with Crippen LogP contribution in [0.2, 0.25) is 0 Å². The number of methoxy groups -OCH3 is 1. The molecule has 1 aliphatic rings. The summed E-state index contributed by atoms with van der Waals surface area (Å²) in [6.45, 7) is 3.50. The average molecular weight is 348 g/mol. The second kappa shape index (κ2) is 7.18. The lowest BCUT2D eigenvalue weighted by molar-refractivity contribution is -0.133. The lowest BCUT2D eigenvalue weighted by atomic mass is 10.1. The van der Waals surface area contributed by atoms with Gasteiger partial charge in [0.15, 0.2) is 5.82 Å². The van der Waals surface area contributed by atoms with Crippen molar-refractivity contribution in [1.82, 2.24) is 19.9 Å². The Labute approximate surface area is 145 Å². The molecule has 8 heteroatoms. The first-order valence-corrected chi connectivity index (χ1v) is 8.08. The Hall–Kier alpha value is -2.48. The minimum absolute atomic E-state index is 0.0836. The molecule has 1 aromatic heterocycles. The van der Waals surface area contributed by atoms with Crippen molar-refractivity contribution in [3.63, 3.8) is 0 Å². The number of piperazine rings is 1. The standard InChI is InChI=1S/C17H21FN4O3/c1-11-19-17(25-20-11)14-10-22(7-6-21(14)2)16(23)9-12-8-13(18)4-5-15(12)24-3/h4-5,8,14H,6-7,9-10H2,1-3H3/t14-/m1/s1. The summed E-state index contributed by atoms with van der Waals surface area (Å²) in [5.74, 6) is 1.10. The molecular weight excluding hydrogens is 327 g/mol. The zero-order valence-corrected chi connectivity index (χ0v) is 14.5. The molecule has 0 aliphatic carbocycles. The molecule has 1 amide bonds. The summed E-state index contributed by atoms with van der Waals surface area (Å²) in [5, 5.41) is 3.82. The molecule has 25 heavy (non-hydrogen) atoms. The zero-order valence-electron chi connectivity index (χ0n) is 14.5. The molecule has 1 fully saturated rings. The lowest BCUT2D eigenvalue weighted by Crippen LogP contribution is -2.49. The third kappa shape index (κ3) is 3.79. The van der Waals surface area contributed by atoms with E-state index < -0.39 is 0 Å². The number of carbonyl (C=O) groups is 1. The van der Waals surface area contributed by atoms with Crippen LogP contribution in [-0.2, 0) is 11.2 Å².